The lowest BCUT2D eigenvalue weighted by molar-refractivity contribution is 0.0322. The smallest absolute Gasteiger partial charge is 0.119 e. The Kier molecular flexibility index (Phi) is 6.30. The lowest BCUT2D eigenvalue weighted by Gasteiger charge is -2.26. The van der Waals surface area contributed by atoms with Crippen molar-refractivity contribution in [2.24, 2.45) is 0 Å². The van der Waals surface area contributed by atoms with Crippen LogP contribution in [0.3, 0.4) is 0 Å². The van der Waals surface area contributed by atoms with E-state index in [0.717, 1.165) is 51.7 Å². The van der Waals surface area contributed by atoms with Gasteiger partial charge in [-0.25, -0.2) is 0 Å². The zero-order chi connectivity index (χ0) is 14.2. The van der Waals surface area contributed by atoms with Crippen LogP contribution in [0.1, 0.15) is 19.4 Å². The van der Waals surface area contributed by atoms with Gasteiger partial charge in [-0.2, -0.15) is 0 Å². The third kappa shape index (κ3) is 5.49. The number of hydrogen-bond donors (Lipinski definition) is 1. The molecule has 1 N–H and O–H groups in total. The molecule has 0 aromatic heterocycles. The minimum Gasteiger partial charge on any atom is -0.492 e. The molecule has 0 unspecified atom stereocenters. The maximum absolute atomic E-state index is 5.79. The fourth-order valence-electron chi connectivity index (χ4n) is 2.14. The van der Waals surface area contributed by atoms with Crippen molar-refractivity contribution >= 4 is 0 Å². The summed E-state index contributed by atoms with van der Waals surface area (Å²) in [6.45, 7) is 10.7. The number of ether oxygens (including phenoxy) is 2. The lowest BCUT2D eigenvalue weighted by Crippen LogP contribution is -2.38. The summed E-state index contributed by atoms with van der Waals surface area (Å²) in [5.74, 6) is 0.951. The number of rotatable bonds is 7. The van der Waals surface area contributed by atoms with Gasteiger partial charge in [-0.05, 0) is 17.7 Å². The molecule has 0 spiro atoms. The summed E-state index contributed by atoms with van der Waals surface area (Å²) in [6.07, 6.45) is 0. The van der Waals surface area contributed by atoms with E-state index in [4.69, 9.17) is 9.47 Å². The molecule has 1 aliphatic rings. The van der Waals surface area contributed by atoms with Crippen LogP contribution < -0.4 is 10.1 Å². The van der Waals surface area contributed by atoms with Gasteiger partial charge in [0.15, 0.2) is 0 Å². The molecule has 20 heavy (non-hydrogen) atoms. The second-order valence-electron chi connectivity index (χ2n) is 5.48. The first-order valence-corrected chi connectivity index (χ1v) is 7.49. The van der Waals surface area contributed by atoms with Gasteiger partial charge in [0.1, 0.15) is 12.4 Å². The van der Waals surface area contributed by atoms with Gasteiger partial charge in [0.2, 0.25) is 0 Å². The third-order valence-corrected chi connectivity index (χ3v) is 3.42. The van der Waals surface area contributed by atoms with Crippen LogP contribution in [-0.4, -0.2) is 50.4 Å². The highest BCUT2D eigenvalue weighted by Crippen LogP contribution is 2.12. The SMILES string of the molecule is CC(C)NCc1ccc(OCCN2CCOCC2)cc1. The van der Waals surface area contributed by atoms with Gasteiger partial charge in [-0.1, -0.05) is 26.0 Å². The van der Waals surface area contributed by atoms with Crippen LogP contribution in [0.15, 0.2) is 24.3 Å². The summed E-state index contributed by atoms with van der Waals surface area (Å²) in [4.78, 5) is 2.38. The summed E-state index contributed by atoms with van der Waals surface area (Å²) in [7, 11) is 0. The van der Waals surface area contributed by atoms with E-state index in [0.29, 0.717) is 6.04 Å². The highest BCUT2D eigenvalue weighted by molar-refractivity contribution is 5.27. The van der Waals surface area contributed by atoms with Crippen molar-refractivity contribution in [3.05, 3.63) is 29.8 Å². The van der Waals surface area contributed by atoms with Crippen molar-refractivity contribution in [1.29, 1.82) is 0 Å². The molecule has 1 aromatic carbocycles. The molecule has 1 heterocycles. The van der Waals surface area contributed by atoms with Gasteiger partial charge >= 0.3 is 0 Å². The Morgan fingerprint density at radius 2 is 1.90 bits per heavy atom. The largest absolute Gasteiger partial charge is 0.492 e. The fourth-order valence-corrected chi connectivity index (χ4v) is 2.14. The molecular formula is C16H26N2O2. The second kappa shape index (κ2) is 8.25. The number of hydrogen-bond acceptors (Lipinski definition) is 4. The van der Waals surface area contributed by atoms with Gasteiger partial charge in [0.25, 0.3) is 0 Å². The van der Waals surface area contributed by atoms with Gasteiger partial charge in [0.05, 0.1) is 13.2 Å². The highest BCUT2D eigenvalue weighted by atomic mass is 16.5. The highest BCUT2D eigenvalue weighted by Gasteiger charge is 2.09. The van der Waals surface area contributed by atoms with Crippen molar-refractivity contribution in [2.75, 3.05) is 39.5 Å². The zero-order valence-electron chi connectivity index (χ0n) is 12.6. The molecule has 0 aliphatic carbocycles. The first-order chi connectivity index (χ1) is 9.74. The molecular weight excluding hydrogens is 252 g/mol. The Morgan fingerprint density at radius 1 is 1.20 bits per heavy atom. The molecule has 0 amide bonds. The molecule has 1 aromatic rings. The van der Waals surface area contributed by atoms with Crippen molar-refractivity contribution in [3.63, 3.8) is 0 Å². The summed E-state index contributed by atoms with van der Waals surface area (Å²) in [6, 6.07) is 8.87. The standard InChI is InChI=1S/C16H26N2O2/c1-14(2)17-13-15-3-5-16(6-4-15)20-12-9-18-7-10-19-11-8-18/h3-6,14,17H,7-13H2,1-2H3. The number of morpholine rings is 1. The number of nitrogens with zero attached hydrogens (tertiary/aromatic N) is 1. The monoisotopic (exact) mass is 278 g/mol. The van der Waals surface area contributed by atoms with E-state index in [1.165, 1.54) is 5.56 Å². The molecule has 1 fully saturated rings. The molecule has 0 bridgehead atoms. The molecule has 0 radical (unpaired) electrons. The summed E-state index contributed by atoms with van der Waals surface area (Å²) in [5, 5.41) is 3.41. The summed E-state index contributed by atoms with van der Waals surface area (Å²) < 4.78 is 11.1. The Morgan fingerprint density at radius 3 is 2.55 bits per heavy atom. The molecule has 0 saturated carbocycles. The van der Waals surface area contributed by atoms with Crippen LogP contribution in [0.5, 0.6) is 5.75 Å². The normalized spacial score (nSPS) is 16.6. The third-order valence-electron chi connectivity index (χ3n) is 3.42. The first-order valence-electron chi connectivity index (χ1n) is 7.49. The van der Waals surface area contributed by atoms with E-state index >= 15 is 0 Å². The van der Waals surface area contributed by atoms with E-state index in [9.17, 15) is 0 Å². The van der Waals surface area contributed by atoms with Crippen LogP contribution in [0.4, 0.5) is 0 Å². The van der Waals surface area contributed by atoms with Gasteiger partial charge in [0, 0.05) is 32.2 Å². The van der Waals surface area contributed by atoms with E-state index in [-0.39, 0.29) is 0 Å². The average molecular weight is 278 g/mol. The predicted molar refractivity (Wildman–Crippen MR) is 81.2 cm³/mol. The second-order valence-corrected chi connectivity index (χ2v) is 5.48. The van der Waals surface area contributed by atoms with Crippen molar-refractivity contribution in [1.82, 2.24) is 10.2 Å². The molecule has 0 atom stereocenters. The predicted octanol–water partition coefficient (Wildman–Crippen LogP) is 1.90. The minimum absolute atomic E-state index is 0.513. The minimum atomic E-state index is 0.513. The Labute approximate surface area is 122 Å². The van der Waals surface area contributed by atoms with Crippen molar-refractivity contribution < 1.29 is 9.47 Å². The van der Waals surface area contributed by atoms with E-state index in [1.54, 1.807) is 0 Å². The molecule has 112 valence electrons. The van der Waals surface area contributed by atoms with Crippen LogP contribution in [0.2, 0.25) is 0 Å². The maximum atomic E-state index is 5.79. The molecule has 2 rings (SSSR count). The quantitative estimate of drug-likeness (QED) is 0.826. The average Bonchev–Trinajstić information content (AvgIpc) is 2.47. The topological polar surface area (TPSA) is 33.7 Å². The Hall–Kier alpha value is -1.10. The zero-order valence-corrected chi connectivity index (χ0v) is 12.6. The van der Waals surface area contributed by atoms with E-state index in [1.807, 2.05) is 0 Å². The van der Waals surface area contributed by atoms with Gasteiger partial charge in [-0.3, -0.25) is 4.90 Å². The Bertz CT molecular complexity index is 373. The van der Waals surface area contributed by atoms with Gasteiger partial charge in [-0.15, -0.1) is 0 Å². The first kappa shape index (κ1) is 15.3. The molecule has 1 aliphatic heterocycles. The van der Waals surface area contributed by atoms with Crippen LogP contribution in [0.25, 0.3) is 0 Å². The lowest BCUT2D eigenvalue weighted by atomic mass is 10.2. The van der Waals surface area contributed by atoms with Crippen LogP contribution in [-0.2, 0) is 11.3 Å². The fraction of sp³-hybridized carbons (Fsp3) is 0.625. The van der Waals surface area contributed by atoms with Crippen molar-refractivity contribution in [3.8, 4) is 5.75 Å². The number of nitrogens with one attached hydrogen (secondary N) is 1. The summed E-state index contributed by atoms with van der Waals surface area (Å²) in [5.41, 5.74) is 1.29. The molecule has 4 nitrogen and oxygen atoms in total. The van der Waals surface area contributed by atoms with E-state index in [2.05, 4.69) is 48.3 Å². The molecule has 1 saturated heterocycles. The van der Waals surface area contributed by atoms with Crippen LogP contribution in [0, 0.1) is 0 Å². The van der Waals surface area contributed by atoms with E-state index < -0.39 is 0 Å². The molecule has 4 heteroatoms. The number of benzene rings is 1. The van der Waals surface area contributed by atoms with Crippen molar-refractivity contribution in [2.45, 2.75) is 26.4 Å². The Balaban J connectivity index is 1.67. The van der Waals surface area contributed by atoms with Crippen LogP contribution >= 0.6 is 0 Å². The summed E-state index contributed by atoms with van der Waals surface area (Å²) >= 11 is 0. The maximum Gasteiger partial charge on any atom is 0.119 e. The van der Waals surface area contributed by atoms with Gasteiger partial charge < -0.3 is 14.8 Å².